The first-order valence-corrected chi connectivity index (χ1v) is 12.6. The molecule has 6 rings (SSSR count). The van der Waals surface area contributed by atoms with Gasteiger partial charge in [-0.05, 0) is 79.6 Å². The van der Waals surface area contributed by atoms with Crippen LogP contribution in [0.15, 0.2) is 66.9 Å². The number of carbonyl (C=O) groups excluding carboxylic acids is 1. The van der Waals surface area contributed by atoms with Crippen molar-refractivity contribution in [2.24, 2.45) is 0 Å². The first kappa shape index (κ1) is 21.2. The summed E-state index contributed by atoms with van der Waals surface area (Å²) in [5.74, 6) is -0.281. The van der Waals surface area contributed by atoms with Crippen molar-refractivity contribution >= 4 is 23.1 Å². The third kappa shape index (κ3) is 3.53. The summed E-state index contributed by atoms with van der Waals surface area (Å²) in [7, 11) is 0. The molecule has 0 unspecified atom stereocenters. The summed E-state index contributed by atoms with van der Waals surface area (Å²) in [5, 5.41) is 4.37. The monoisotopic (exact) mass is 471 g/mol. The predicted molar refractivity (Wildman–Crippen MR) is 134 cm³/mol. The molecule has 1 aliphatic heterocycles. The molecule has 1 atom stereocenters. The molecular formula is C28H26FN3OS. The number of benzene rings is 2. The first-order valence-electron chi connectivity index (χ1n) is 11.8. The van der Waals surface area contributed by atoms with Crippen molar-refractivity contribution in [3.05, 3.63) is 106 Å². The largest absolute Gasteiger partial charge is 0.322 e. The molecule has 1 N–H and O–H groups in total. The molecule has 4 aromatic rings. The van der Waals surface area contributed by atoms with Crippen molar-refractivity contribution in [2.45, 2.75) is 45.2 Å². The summed E-state index contributed by atoms with van der Waals surface area (Å²) >= 11 is 1.86. The zero-order valence-corrected chi connectivity index (χ0v) is 19.9. The summed E-state index contributed by atoms with van der Waals surface area (Å²) in [5.41, 5.74) is 6.40. The van der Waals surface area contributed by atoms with Gasteiger partial charge in [0.05, 0.1) is 18.3 Å². The van der Waals surface area contributed by atoms with E-state index in [2.05, 4.69) is 22.1 Å². The number of nitrogens with zero attached hydrogens (tertiary/aromatic N) is 2. The van der Waals surface area contributed by atoms with Gasteiger partial charge in [0, 0.05) is 22.3 Å². The van der Waals surface area contributed by atoms with Crippen molar-refractivity contribution in [3.8, 4) is 5.00 Å². The zero-order valence-electron chi connectivity index (χ0n) is 19.1. The Morgan fingerprint density at radius 3 is 2.62 bits per heavy atom. The van der Waals surface area contributed by atoms with E-state index in [1.165, 1.54) is 46.0 Å². The number of carbonyl (C=O) groups is 1. The normalized spacial score (nSPS) is 16.9. The van der Waals surface area contributed by atoms with E-state index in [1.54, 1.807) is 12.1 Å². The van der Waals surface area contributed by atoms with Crippen molar-refractivity contribution in [3.63, 3.8) is 0 Å². The molecule has 0 fully saturated rings. The van der Waals surface area contributed by atoms with E-state index < -0.39 is 0 Å². The Bertz CT molecular complexity index is 1370. The average Bonchev–Trinajstić information content (AvgIpc) is 3.43. The number of halogens is 1. The van der Waals surface area contributed by atoms with Gasteiger partial charge in [-0.2, -0.15) is 0 Å². The molecule has 34 heavy (non-hydrogen) atoms. The Morgan fingerprint density at radius 1 is 1.00 bits per heavy atom. The van der Waals surface area contributed by atoms with Gasteiger partial charge < -0.3 is 14.8 Å². The summed E-state index contributed by atoms with van der Waals surface area (Å²) in [6.07, 6.45) is 6.67. The topological polar surface area (TPSA) is 37.3 Å². The number of amides is 2. The quantitative estimate of drug-likeness (QED) is 0.336. The number of urea groups is 1. The van der Waals surface area contributed by atoms with Gasteiger partial charge >= 0.3 is 6.03 Å². The third-order valence-electron chi connectivity index (χ3n) is 7.01. The van der Waals surface area contributed by atoms with Crippen LogP contribution in [-0.2, 0) is 19.4 Å². The Balaban J connectivity index is 1.51. The number of thiophene rings is 1. The van der Waals surface area contributed by atoms with Crippen LogP contribution in [-0.4, -0.2) is 15.5 Å². The highest BCUT2D eigenvalue weighted by Gasteiger charge is 2.36. The van der Waals surface area contributed by atoms with Crippen LogP contribution in [0.25, 0.3) is 5.00 Å². The minimum atomic E-state index is -0.335. The number of anilines is 1. The molecular weight excluding hydrogens is 445 g/mol. The molecule has 2 amide bonds. The molecule has 1 aliphatic carbocycles. The predicted octanol–water partition coefficient (Wildman–Crippen LogP) is 7.00. The second-order valence-corrected chi connectivity index (χ2v) is 10.2. The van der Waals surface area contributed by atoms with Crippen molar-refractivity contribution in [1.29, 1.82) is 0 Å². The summed E-state index contributed by atoms with van der Waals surface area (Å²) in [6, 6.07) is 18.0. The highest BCUT2D eigenvalue weighted by molar-refractivity contribution is 7.15. The molecule has 2 aromatic carbocycles. The van der Waals surface area contributed by atoms with Crippen LogP contribution in [0.2, 0.25) is 0 Å². The third-order valence-corrected chi connectivity index (χ3v) is 8.35. The highest BCUT2D eigenvalue weighted by Crippen LogP contribution is 2.44. The molecule has 6 heteroatoms. The number of hydrogen-bond acceptors (Lipinski definition) is 2. The van der Waals surface area contributed by atoms with E-state index in [0.29, 0.717) is 6.54 Å². The van der Waals surface area contributed by atoms with Gasteiger partial charge in [0.25, 0.3) is 0 Å². The summed E-state index contributed by atoms with van der Waals surface area (Å²) in [4.78, 5) is 17.3. The van der Waals surface area contributed by atoms with Crippen molar-refractivity contribution in [2.75, 3.05) is 5.32 Å². The number of aryl methyl sites for hydroxylation is 2. The number of fused-ring (bicyclic) bond motifs is 5. The average molecular weight is 472 g/mol. The number of rotatable bonds is 2. The lowest BCUT2D eigenvalue weighted by Crippen LogP contribution is -2.38. The smallest absolute Gasteiger partial charge is 0.310 e. The number of nitrogens with one attached hydrogen (secondary N) is 1. The van der Waals surface area contributed by atoms with Crippen LogP contribution < -0.4 is 5.32 Å². The van der Waals surface area contributed by atoms with Crippen LogP contribution in [0, 0.1) is 12.7 Å². The van der Waals surface area contributed by atoms with Crippen LogP contribution in [0.3, 0.4) is 0 Å². The van der Waals surface area contributed by atoms with E-state index in [9.17, 15) is 9.18 Å². The maximum atomic E-state index is 13.9. The van der Waals surface area contributed by atoms with E-state index in [0.717, 1.165) is 35.3 Å². The Morgan fingerprint density at radius 2 is 1.79 bits per heavy atom. The molecule has 0 bridgehead atoms. The zero-order chi connectivity index (χ0) is 23.2. The maximum Gasteiger partial charge on any atom is 0.322 e. The molecule has 0 saturated heterocycles. The SMILES string of the molecule is Cc1ccccc1NC(=O)N1Cc2c(sc3c2CCCC3)-n2cccc2[C@H]1c1ccc(F)cc1. The molecule has 2 aliphatic rings. The summed E-state index contributed by atoms with van der Waals surface area (Å²) in [6.45, 7) is 2.51. The second-order valence-electron chi connectivity index (χ2n) is 9.12. The van der Waals surface area contributed by atoms with E-state index in [1.807, 2.05) is 53.5 Å². The number of aromatic nitrogens is 1. The van der Waals surface area contributed by atoms with Crippen LogP contribution >= 0.6 is 11.3 Å². The molecule has 0 radical (unpaired) electrons. The molecule has 4 nitrogen and oxygen atoms in total. The van der Waals surface area contributed by atoms with Crippen molar-refractivity contribution < 1.29 is 9.18 Å². The molecule has 0 spiro atoms. The maximum absolute atomic E-state index is 13.9. The van der Waals surface area contributed by atoms with Crippen LogP contribution in [0.4, 0.5) is 14.9 Å². The highest BCUT2D eigenvalue weighted by atomic mass is 32.1. The Hall–Kier alpha value is -3.38. The van der Waals surface area contributed by atoms with Gasteiger partial charge in [-0.3, -0.25) is 0 Å². The first-order chi connectivity index (χ1) is 16.6. The van der Waals surface area contributed by atoms with Gasteiger partial charge in [-0.15, -0.1) is 11.3 Å². The van der Waals surface area contributed by atoms with E-state index in [4.69, 9.17) is 0 Å². The number of hydrogen-bond donors (Lipinski definition) is 1. The van der Waals surface area contributed by atoms with Crippen molar-refractivity contribution in [1.82, 2.24) is 9.47 Å². The van der Waals surface area contributed by atoms with Gasteiger partial charge in [0.2, 0.25) is 0 Å². The lowest BCUT2D eigenvalue weighted by molar-refractivity contribution is 0.194. The van der Waals surface area contributed by atoms with E-state index >= 15 is 0 Å². The fourth-order valence-electron chi connectivity index (χ4n) is 5.28. The fourth-order valence-corrected chi connectivity index (χ4v) is 6.69. The van der Waals surface area contributed by atoms with Crippen LogP contribution in [0.5, 0.6) is 0 Å². The Kier molecular flexibility index (Phi) is 5.26. The van der Waals surface area contributed by atoms with Gasteiger partial charge in [0.15, 0.2) is 0 Å². The molecule has 3 heterocycles. The number of para-hydroxylation sites is 1. The standard InChI is InChI=1S/C28H26FN3OS/c1-18-7-2-4-9-23(18)30-28(33)32-17-22-21-8-3-5-11-25(21)34-27(22)31-16-6-10-24(31)26(32)19-12-14-20(29)15-13-19/h2,4,6-7,9-10,12-16,26H,3,5,8,11,17H2,1H3,(H,30,33)/t26-/m1/s1. The minimum absolute atomic E-state index is 0.153. The second kappa shape index (κ2) is 8.44. The fraction of sp³-hybridized carbons (Fsp3) is 0.250. The van der Waals surface area contributed by atoms with E-state index in [-0.39, 0.29) is 17.9 Å². The molecule has 0 saturated carbocycles. The lowest BCUT2D eigenvalue weighted by Gasteiger charge is -2.31. The summed E-state index contributed by atoms with van der Waals surface area (Å²) < 4.78 is 16.1. The van der Waals surface area contributed by atoms with Gasteiger partial charge in [-0.1, -0.05) is 30.3 Å². The minimum Gasteiger partial charge on any atom is -0.310 e. The lowest BCUT2D eigenvalue weighted by atomic mass is 9.95. The Labute approximate surface area is 202 Å². The van der Waals surface area contributed by atoms with Crippen LogP contribution in [0.1, 0.15) is 51.7 Å². The molecule has 172 valence electrons. The van der Waals surface area contributed by atoms with Gasteiger partial charge in [-0.25, -0.2) is 9.18 Å². The van der Waals surface area contributed by atoms with Gasteiger partial charge in [0.1, 0.15) is 10.8 Å². The molecule has 2 aromatic heterocycles.